The average molecular weight is 366 g/mol. The van der Waals surface area contributed by atoms with Gasteiger partial charge < -0.3 is 14.5 Å². The number of benzene rings is 2. The predicted molar refractivity (Wildman–Crippen MR) is 96.2 cm³/mol. The Kier molecular flexibility index (Phi) is 5.27. The number of hydrogen-bond acceptors (Lipinski definition) is 6. The van der Waals surface area contributed by atoms with Crippen LogP contribution in [0, 0.1) is 10.1 Å². The van der Waals surface area contributed by atoms with E-state index in [1.165, 1.54) is 0 Å². The maximum Gasteiger partial charge on any atom is 0.433 e. The molecule has 0 radical (unpaired) electrons. The van der Waals surface area contributed by atoms with Crippen molar-refractivity contribution >= 4 is 23.4 Å². The van der Waals surface area contributed by atoms with Gasteiger partial charge >= 0.3 is 11.9 Å². The van der Waals surface area contributed by atoms with Crippen molar-refractivity contribution in [2.45, 2.75) is 0 Å². The van der Waals surface area contributed by atoms with E-state index in [2.05, 4.69) is 5.32 Å². The smallest absolute Gasteiger partial charge is 0.433 e. The van der Waals surface area contributed by atoms with Gasteiger partial charge in [0.2, 0.25) is 5.76 Å². The third-order valence-corrected chi connectivity index (χ3v) is 3.59. The standard InChI is InChI=1S/C19H14N2O6/c22-17(12-26-19(23)16-10-11-18(27-16)21(24)25)20-15-9-5-4-8-14(15)13-6-2-1-3-7-13/h1-11H,12H2,(H,20,22). The Bertz CT molecular complexity index is 981. The molecule has 8 heteroatoms. The van der Waals surface area contributed by atoms with E-state index in [-0.39, 0.29) is 5.76 Å². The van der Waals surface area contributed by atoms with Crippen LogP contribution >= 0.6 is 0 Å². The lowest BCUT2D eigenvalue weighted by molar-refractivity contribution is -0.402. The lowest BCUT2D eigenvalue weighted by atomic mass is 10.0. The van der Waals surface area contributed by atoms with Gasteiger partial charge in [-0.3, -0.25) is 14.9 Å². The molecule has 0 atom stereocenters. The molecule has 0 fully saturated rings. The monoisotopic (exact) mass is 366 g/mol. The molecule has 1 N–H and O–H groups in total. The summed E-state index contributed by atoms with van der Waals surface area (Å²) < 4.78 is 9.56. The van der Waals surface area contributed by atoms with Crippen molar-refractivity contribution in [2.75, 3.05) is 11.9 Å². The summed E-state index contributed by atoms with van der Waals surface area (Å²) in [5, 5.41) is 13.2. The van der Waals surface area contributed by atoms with E-state index in [0.717, 1.165) is 23.3 Å². The highest BCUT2D eigenvalue weighted by Gasteiger charge is 2.19. The quantitative estimate of drug-likeness (QED) is 0.405. The van der Waals surface area contributed by atoms with E-state index in [9.17, 15) is 19.7 Å². The predicted octanol–water partition coefficient (Wildman–Crippen LogP) is 3.65. The van der Waals surface area contributed by atoms with E-state index in [0.29, 0.717) is 5.69 Å². The fourth-order valence-electron chi connectivity index (χ4n) is 2.39. The Hall–Kier alpha value is -3.94. The van der Waals surface area contributed by atoms with E-state index >= 15 is 0 Å². The van der Waals surface area contributed by atoms with Crippen molar-refractivity contribution < 1.29 is 23.7 Å². The van der Waals surface area contributed by atoms with Gasteiger partial charge in [0.05, 0.1) is 6.07 Å². The average Bonchev–Trinajstić information content (AvgIpc) is 3.18. The van der Waals surface area contributed by atoms with Crippen LogP contribution < -0.4 is 5.32 Å². The van der Waals surface area contributed by atoms with Crippen LogP contribution in [0.2, 0.25) is 0 Å². The molecule has 0 aliphatic carbocycles. The number of hydrogen-bond donors (Lipinski definition) is 1. The summed E-state index contributed by atoms with van der Waals surface area (Å²) in [5.74, 6) is -2.44. The summed E-state index contributed by atoms with van der Waals surface area (Å²) in [6.07, 6.45) is 0. The van der Waals surface area contributed by atoms with Crippen LogP contribution in [-0.4, -0.2) is 23.4 Å². The summed E-state index contributed by atoms with van der Waals surface area (Å²) in [6, 6.07) is 18.9. The number of esters is 1. The first-order valence-corrected chi connectivity index (χ1v) is 7.90. The summed E-state index contributed by atoms with van der Waals surface area (Å²) >= 11 is 0. The zero-order chi connectivity index (χ0) is 19.2. The number of carbonyl (C=O) groups excluding carboxylic acids is 2. The molecule has 0 unspecified atom stereocenters. The zero-order valence-corrected chi connectivity index (χ0v) is 14.0. The van der Waals surface area contributed by atoms with Crippen molar-refractivity contribution in [3.8, 4) is 11.1 Å². The van der Waals surface area contributed by atoms with E-state index < -0.39 is 29.3 Å². The van der Waals surface area contributed by atoms with Gasteiger partial charge in [-0.15, -0.1) is 0 Å². The molecule has 1 heterocycles. The van der Waals surface area contributed by atoms with E-state index in [1.54, 1.807) is 12.1 Å². The largest absolute Gasteiger partial charge is 0.450 e. The molecule has 8 nitrogen and oxygen atoms in total. The molecule has 0 aliphatic heterocycles. The van der Waals surface area contributed by atoms with Gasteiger partial charge in [0, 0.05) is 11.3 Å². The van der Waals surface area contributed by atoms with Crippen molar-refractivity contribution in [1.29, 1.82) is 0 Å². The number of anilines is 1. The first kappa shape index (κ1) is 17.9. The van der Waals surface area contributed by atoms with Gasteiger partial charge in [-0.25, -0.2) is 4.79 Å². The number of furan rings is 1. The minimum atomic E-state index is -0.963. The number of carbonyl (C=O) groups is 2. The molecule has 2 aromatic carbocycles. The molecule has 0 aliphatic rings. The maximum atomic E-state index is 12.1. The molecule has 0 spiro atoms. The zero-order valence-electron chi connectivity index (χ0n) is 14.0. The number of para-hydroxylation sites is 1. The summed E-state index contributed by atoms with van der Waals surface area (Å²) in [4.78, 5) is 33.7. The van der Waals surface area contributed by atoms with Crippen molar-refractivity contribution in [2.24, 2.45) is 0 Å². The fourth-order valence-corrected chi connectivity index (χ4v) is 2.39. The number of ether oxygens (including phenoxy) is 1. The highest BCUT2D eigenvalue weighted by Crippen LogP contribution is 2.27. The van der Waals surface area contributed by atoms with Crippen LogP contribution in [-0.2, 0) is 9.53 Å². The molecule has 136 valence electrons. The third-order valence-electron chi connectivity index (χ3n) is 3.59. The molecular formula is C19H14N2O6. The maximum absolute atomic E-state index is 12.1. The Morgan fingerprint density at radius 2 is 1.70 bits per heavy atom. The van der Waals surface area contributed by atoms with Gasteiger partial charge in [0.15, 0.2) is 6.61 Å². The van der Waals surface area contributed by atoms with Crippen molar-refractivity contribution in [3.63, 3.8) is 0 Å². The van der Waals surface area contributed by atoms with Crippen LogP contribution in [0.25, 0.3) is 11.1 Å². The fraction of sp³-hybridized carbons (Fsp3) is 0.0526. The Balaban J connectivity index is 1.63. The van der Waals surface area contributed by atoms with Crippen LogP contribution in [0.4, 0.5) is 11.6 Å². The minimum Gasteiger partial charge on any atom is -0.450 e. The Labute approximate surface area is 153 Å². The molecule has 27 heavy (non-hydrogen) atoms. The SMILES string of the molecule is O=C(COC(=O)c1ccc([N+](=O)[O-])o1)Nc1ccccc1-c1ccccc1. The number of amides is 1. The van der Waals surface area contributed by atoms with Gasteiger partial charge in [-0.1, -0.05) is 48.5 Å². The normalized spacial score (nSPS) is 10.2. The molecule has 1 aromatic heterocycles. The second-order valence-electron chi connectivity index (χ2n) is 5.43. The van der Waals surface area contributed by atoms with Crippen molar-refractivity contribution in [3.05, 3.63) is 82.6 Å². The summed E-state index contributed by atoms with van der Waals surface area (Å²) in [7, 11) is 0. The van der Waals surface area contributed by atoms with Crippen LogP contribution in [0.1, 0.15) is 10.6 Å². The molecule has 1 amide bonds. The highest BCUT2D eigenvalue weighted by atomic mass is 16.7. The molecule has 3 aromatic rings. The van der Waals surface area contributed by atoms with Crippen LogP contribution in [0.5, 0.6) is 0 Å². The lowest BCUT2D eigenvalue weighted by Crippen LogP contribution is -2.21. The summed E-state index contributed by atoms with van der Waals surface area (Å²) in [5.41, 5.74) is 2.31. The second kappa shape index (κ2) is 7.96. The second-order valence-corrected chi connectivity index (χ2v) is 5.43. The Morgan fingerprint density at radius 3 is 2.41 bits per heavy atom. The molecule has 0 saturated heterocycles. The first-order valence-electron chi connectivity index (χ1n) is 7.90. The van der Waals surface area contributed by atoms with Crippen molar-refractivity contribution in [1.82, 2.24) is 0 Å². The molecule has 0 saturated carbocycles. The Morgan fingerprint density at radius 1 is 1.00 bits per heavy atom. The van der Waals surface area contributed by atoms with E-state index in [4.69, 9.17) is 9.15 Å². The molecular weight excluding hydrogens is 352 g/mol. The molecule has 0 bridgehead atoms. The summed E-state index contributed by atoms with van der Waals surface area (Å²) in [6.45, 7) is -0.559. The van der Waals surface area contributed by atoms with Crippen LogP contribution in [0.15, 0.2) is 71.1 Å². The number of nitro groups is 1. The lowest BCUT2D eigenvalue weighted by Gasteiger charge is -2.11. The highest BCUT2D eigenvalue weighted by molar-refractivity contribution is 5.97. The van der Waals surface area contributed by atoms with Gasteiger partial charge in [-0.05, 0) is 17.7 Å². The minimum absolute atomic E-state index is 0.348. The first-order chi connectivity index (χ1) is 13.0. The van der Waals surface area contributed by atoms with Crippen LogP contribution in [0.3, 0.4) is 0 Å². The third kappa shape index (κ3) is 4.37. The van der Waals surface area contributed by atoms with Gasteiger partial charge in [0.25, 0.3) is 5.91 Å². The number of nitrogens with zero attached hydrogens (tertiary/aromatic N) is 1. The van der Waals surface area contributed by atoms with E-state index in [1.807, 2.05) is 42.5 Å². The van der Waals surface area contributed by atoms with Gasteiger partial charge in [0.1, 0.15) is 4.92 Å². The topological polar surface area (TPSA) is 112 Å². The number of rotatable bonds is 6. The number of nitrogens with one attached hydrogen (secondary N) is 1. The van der Waals surface area contributed by atoms with Gasteiger partial charge in [-0.2, -0.15) is 0 Å². The molecule has 3 rings (SSSR count).